The maximum Gasteiger partial charge on any atom is 0.138 e. The number of piperidine rings is 1. The molecule has 0 aliphatic carbocycles. The van der Waals surface area contributed by atoms with Crippen molar-refractivity contribution in [1.29, 1.82) is 0 Å². The summed E-state index contributed by atoms with van der Waals surface area (Å²) < 4.78 is 7.44. The summed E-state index contributed by atoms with van der Waals surface area (Å²) in [5, 5.41) is 4.24. The van der Waals surface area contributed by atoms with Gasteiger partial charge in [0.1, 0.15) is 5.75 Å². The molecule has 2 aromatic carbocycles. The van der Waals surface area contributed by atoms with Crippen LogP contribution in [0.15, 0.2) is 39.3 Å². The number of hydrogen-bond acceptors (Lipinski definition) is 3. The first-order valence-electron chi connectivity index (χ1n) is 8.39. The van der Waals surface area contributed by atoms with Crippen molar-refractivity contribution in [3.05, 3.63) is 49.9 Å². The maximum absolute atomic E-state index is 6.53. The number of rotatable bonds is 5. The van der Waals surface area contributed by atoms with Gasteiger partial charge in [-0.2, -0.15) is 0 Å². The monoisotopic (exact) mass is 486 g/mol. The summed E-state index contributed by atoms with van der Waals surface area (Å²) in [6.45, 7) is 2.84. The number of anilines is 2. The van der Waals surface area contributed by atoms with E-state index in [4.69, 9.17) is 16.3 Å². The second-order valence-electron chi connectivity index (χ2n) is 6.15. The fraction of sp³-hybridized carbons (Fsp3) is 0.368. The molecule has 0 atom stereocenters. The zero-order chi connectivity index (χ0) is 17.8. The van der Waals surface area contributed by atoms with Gasteiger partial charge in [0.2, 0.25) is 0 Å². The average molecular weight is 489 g/mol. The van der Waals surface area contributed by atoms with E-state index in [0.29, 0.717) is 6.54 Å². The van der Waals surface area contributed by atoms with Crippen LogP contribution in [-0.2, 0) is 6.54 Å². The Morgan fingerprint density at radius 2 is 1.88 bits per heavy atom. The Kier molecular flexibility index (Phi) is 6.53. The Labute approximate surface area is 170 Å². The van der Waals surface area contributed by atoms with Crippen molar-refractivity contribution in [2.75, 3.05) is 30.4 Å². The van der Waals surface area contributed by atoms with E-state index in [9.17, 15) is 0 Å². The Balaban J connectivity index is 1.73. The predicted molar refractivity (Wildman–Crippen MR) is 113 cm³/mol. The van der Waals surface area contributed by atoms with Crippen molar-refractivity contribution in [2.45, 2.75) is 25.8 Å². The maximum atomic E-state index is 6.53. The molecule has 3 nitrogen and oxygen atoms in total. The molecule has 0 radical (unpaired) electrons. The van der Waals surface area contributed by atoms with Crippen LogP contribution in [0.25, 0.3) is 0 Å². The molecule has 0 spiro atoms. The van der Waals surface area contributed by atoms with Crippen LogP contribution in [0, 0.1) is 0 Å². The highest BCUT2D eigenvalue weighted by Crippen LogP contribution is 2.34. The zero-order valence-electron chi connectivity index (χ0n) is 14.1. The van der Waals surface area contributed by atoms with Crippen LogP contribution in [0.5, 0.6) is 5.75 Å². The van der Waals surface area contributed by atoms with Crippen LogP contribution in [0.3, 0.4) is 0 Å². The van der Waals surface area contributed by atoms with Gasteiger partial charge in [0, 0.05) is 35.4 Å². The molecule has 2 aromatic rings. The molecule has 6 heteroatoms. The number of halogens is 3. The molecule has 0 aromatic heterocycles. The summed E-state index contributed by atoms with van der Waals surface area (Å²) in [5.41, 5.74) is 3.21. The highest BCUT2D eigenvalue weighted by Gasteiger charge is 2.14. The molecule has 0 bridgehead atoms. The van der Waals surface area contributed by atoms with E-state index in [2.05, 4.69) is 60.3 Å². The summed E-state index contributed by atoms with van der Waals surface area (Å²) in [6, 6.07) is 10.2. The number of nitrogens with one attached hydrogen (secondary N) is 1. The minimum Gasteiger partial charge on any atom is -0.495 e. The summed E-state index contributed by atoms with van der Waals surface area (Å²) in [4.78, 5) is 2.38. The molecule has 1 fully saturated rings. The quantitative estimate of drug-likeness (QED) is 0.522. The largest absolute Gasteiger partial charge is 0.495 e. The fourth-order valence-electron chi connectivity index (χ4n) is 3.18. The molecule has 1 aliphatic rings. The minimum atomic E-state index is 0.653. The van der Waals surface area contributed by atoms with Gasteiger partial charge in [-0.05, 0) is 65.5 Å². The molecule has 0 amide bonds. The van der Waals surface area contributed by atoms with Gasteiger partial charge in [0.25, 0.3) is 0 Å². The summed E-state index contributed by atoms with van der Waals surface area (Å²) in [7, 11) is 1.68. The van der Waals surface area contributed by atoms with E-state index in [1.54, 1.807) is 7.11 Å². The van der Waals surface area contributed by atoms with Gasteiger partial charge in [0.05, 0.1) is 22.3 Å². The van der Waals surface area contributed by atoms with Crippen LogP contribution in [0.2, 0.25) is 5.02 Å². The Hall–Kier alpha value is -0.910. The first-order valence-corrected chi connectivity index (χ1v) is 10.3. The normalized spacial score (nSPS) is 14.5. The number of benzene rings is 2. The lowest BCUT2D eigenvalue weighted by Crippen LogP contribution is -2.29. The molecule has 1 aliphatic heterocycles. The van der Waals surface area contributed by atoms with Crippen LogP contribution in [0.1, 0.15) is 24.8 Å². The van der Waals surface area contributed by atoms with Gasteiger partial charge in [0.15, 0.2) is 0 Å². The fourth-order valence-corrected chi connectivity index (χ4v) is 4.95. The van der Waals surface area contributed by atoms with E-state index >= 15 is 0 Å². The Bertz CT molecular complexity index is 748. The first-order chi connectivity index (χ1) is 12.1. The molecule has 1 N–H and O–H groups in total. The van der Waals surface area contributed by atoms with E-state index < -0.39 is 0 Å². The summed E-state index contributed by atoms with van der Waals surface area (Å²) in [5.74, 6) is 0.840. The van der Waals surface area contributed by atoms with E-state index in [-0.39, 0.29) is 0 Å². The lowest BCUT2D eigenvalue weighted by Gasteiger charge is -2.29. The highest BCUT2D eigenvalue weighted by atomic mass is 79.9. The third-order valence-electron chi connectivity index (χ3n) is 4.42. The van der Waals surface area contributed by atoms with Crippen LogP contribution in [-0.4, -0.2) is 20.2 Å². The minimum absolute atomic E-state index is 0.653. The number of methoxy groups -OCH3 is 1. The summed E-state index contributed by atoms with van der Waals surface area (Å²) >= 11 is 13.6. The van der Waals surface area contributed by atoms with Crippen molar-refractivity contribution < 1.29 is 4.74 Å². The lowest BCUT2D eigenvalue weighted by atomic mass is 10.1. The predicted octanol–water partition coefficient (Wildman–Crippen LogP) is 6.48. The lowest BCUT2D eigenvalue weighted by molar-refractivity contribution is 0.407. The topological polar surface area (TPSA) is 24.5 Å². The van der Waals surface area contributed by atoms with Crippen molar-refractivity contribution in [2.24, 2.45) is 0 Å². The average Bonchev–Trinajstić information content (AvgIpc) is 2.60. The molecule has 0 unspecified atom stereocenters. The van der Waals surface area contributed by atoms with Crippen LogP contribution >= 0.6 is 43.5 Å². The molecule has 25 heavy (non-hydrogen) atoms. The molecule has 0 saturated carbocycles. The second kappa shape index (κ2) is 8.65. The van der Waals surface area contributed by atoms with Gasteiger partial charge in [-0.3, -0.25) is 0 Å². The summed E-state index contributed by atoms with van der Waals surface area (Å²) in [6.07, 6.45) is 3.81. The molecule has 1 heterocycles. The van der Waals surface area contributed by atoms with Crippen molar-refractivity contribution in [1.82, 2.24) is 0 Å². The Morgan fingerprint density at radius 1 is 1.12 bits per heavy atom. The van der Waals surface area contributed by atoms with Crippen LogP contribution < -0.4 is 15.0 Å². The number of ether oxygens (including phenoxy) is 1. The third-order valence-corrected chi connectivity index (χ3v) is 5.77. The second-order valence-corrected chi connectivity index (χ2v) is 8.32. The third kappa shape index (κ3) is 4.63. The van der Waals surface area contributed by atoms with Gasteiger partial charge in [-0.15, -0.1) is 0 Å². The SMILES string of the molecule is COc1c(Br)cc(Br)cc1CNc1ccc(N2CCCCC2)c(Cl)c1. The molecule has 134 valence electrons. The molecular weight excluding hydrogens is 467 g/mol. The molecular formula is C19H21Br2ClN2O. The van der Waals surface area contributed by atoms with Gasteiger partial charge in [-0.1, -0.05) is 27.5 Å². The van der Waals surface area contributed by atoms with Gasteiger partial charge in [-0.25, -0.2) is 0 Å². The van der Waals surface area contributed by atoms with Crippen LogP contribution in [0.4, 0.5) is 11.4 Å². The molecule has 3 rings (SSSR count). The van der Waals surface area contributed by atoms with Crippen molar-refractivity contribution in [3.8, 4) is 5.75 Å². The molecule has 1 saturated heterocycles. The smallest absolute Gasteiger partial charge is 0.138 e. The van der Waals surface area contributed by atoms with Gasteiger partial charge >= 0.3 is 0 Å². The standard InChI is InChI=1S/C19H21Br2ClN2O/c1-25-19-13(9-14(20)10-16(19)21)12-23-15-5-6-18(17(22)11-15)24-7-3-2-4-8-24/h5-6,9-11,23H,2-4,7-8,12H2,1H3. The number of hydrogen-bond donors (Lipinski definition) is 1. The Morgan fingerprint density at radius 3 is 2.56 bits per heavy atom. The van der Waals surface area contributed by atoms with E-state index in [0.717, 1.165) is 49.7 Å². The highest BCUT2D eigenvalue weighted by molar-refractivity contribution is 9.11. The number of nitrogens with zero attached hydrogens (tertiary/aromatic N) is 1. The van der Waals surface area contributed by atoms with Crippen molar-refractivity contribution in [3.63, 3.8) is 0 Å². The van der Waals surface area contributed by atoms with Gasteiger partial charge < -0.3 is 15.0 Å². The zero-order valence-corrected chi connectivity index (χ0v) is 18.0. The van der Waals surface area contributed by atoms with E-state index in [1.165, 1.54) is 19.3 Å². The van der Waals surface area contributed by atoms with Crippen molar-refractivity contribution >= 4 is 54.8 Å². The first kappa shape index (κ1) is 18.9. The van der Waals surface area contributed by atoms with E-state index in [1.807, 2.05) is 12.1 Å².